The summed E-state index contributed by atoms with van der Waals surface area (Å²) in [5, 5.41) is 2.61. The minimum Gasteiger partial charge on any atom is -0.338 e. The lowest BCUT2D eigenvalue weighted by atomic mass is 9.90. The Balaban J connectivity index is 1.80. The number of rotatable bonds is 2. The number of benzene rings is 3. The fourth-order valence-electron chi connectivity index (χ4n) is 5.19. The van der Waals surface area contributed by atoms with E-state index >= 15 is 0 Å². The molecule has 2 heteroatoms. The van der Waals surface area contributed by atoms with Gasteiger partial charge in [-0.3, -0.25) is 0 Å². The highest BCUT2D eigenvalue weighted by Crippen LogP contribution is 2.50. The van der Waals surface area contributed by atoms with E-state index in [1.54, 1.807) is 0 Å². The lowest BCUT2D eigenvalue weighted by Crippen LogP contribution is -2.30. The van der Waals surface area contributed by atoms with Gasteiger partial charge >= 0.3 is 0 Å². The average Bonchev–Trinajstić information content (AvgIpc) is 3.27. The molecular formula is C27H22N2. The Kier molecular flexibility index (Phi) is 3.39. The third-order valence-electron chi connectivity index (χ3n) is 6.28. The molecule has 0 saturated heterocycles. The van der Waals surface area contributed by atoms with Crippen LogP contribution in [0.4, 0.5) is 5.69 Å². The molecule has 0 N–H and O–H groups in total. The maximum atomic E-state index is 4.29. The third kappa shape index (κ3) is 2.17. The van der Waals surface area contributed by atoms with Crippen molar-refractivity contribution in [3.8, 4) is 5.69 Å². The van der Waals surface area contributed by atoms with Crippen LogP contribution in [0.25, 0.3) is 27.5 Å². The molecule has 4 aromatic rings. The van der Waals surface area contributed by atoms with Gasteiger partial charge in [-0.2, -0.15) is 0 Å². The molecule has 0 saturated carbocycles. The average molecular weight is 374 g/mol. The Labute approximate surface area is 170 Å². The zero-order chi connectivity index (χ0) is 19.5. The molecule has 2 unspecified atom stereocenters. The standard InChI is InChI=1S/C27H22N2/c1-18(2)28-24-15-9-7-13-22(24)26-25(28)17-16-21-20-12-6-8-14-23(20)29(27(21)26)19-10-4-3-5-11-19/h3-17,22,24H,1H2,2H3. The van der Waals surface area contributed by atoms with Crippen molar-refractivity contribution in [1.82, 2.24) is 4.57 Å². The number of para-hydroxylation sites is 2. The summed E-state index contributed by atoms with van der Waals surface area (Å²) in [4.78, 5) is 2.40. The van der Waals surface area contributed by atoms with Crippen LogP contribution in [-0.2, 0) is 0 Å². The third-order valence-corrected chi connectivity index (χ3v) is 6.28. The summed E-state index contributed by atoms with van der Waals surface area (Å²) >= 11 is 0. The van der Waals surface area contributed by atoms with Gasteiger partial charge in [0, 0.05) is 39.3 Å². The molecule has 1 aliphatic heterocycles. The SMILES string of the molecule is C=C(C)N1c2ccc3c4ccccc4n(-c4ccccc4)c3c2C2C=CC=CC21. The zero-order valence-corrected chi connectivity index (χ0v) is 16.4. The Morgan fingerprint density at radius 1 is 0.828 bits per heavy atom. The van der Waals surface area contributed by atoms with Crippen molar-refractivity contribution >= 4 is 27.5 Å². The van der Waals surface area contributed by atoms with Crippen LogP contribution in [0.1, 0.15) is 18.4 Å². The first-order valence-electron chi connectivity index (χ1n) is 10.2. The number of allylic oxidation sites excluding steroid dienone is 3. The highest BCUT2D eigenvalue weighted by atomic mass is 15.2. The Morgan fingerprint density at radius 3 is 2.41 bits per heavy atom. The number of nitrogens with zero attached hydrogens (tertiary/aromatic N) is 2. The first-order chi connectivity index (χ1) is 14.3. The number of aromatic nitrogens is 1. The van der Waals surface area contributed by atoms with Crippen LogP contribution in [0.2, 0.25) is 0 Å². The van der Waals surface area contributed by atoms with E-state index in [1.165, 1.54) is 38.7 Å². The quantitative estimate of drug-likeness (QED) is 0.378. The maximum Gasteiger partial charge on any atom is 0.0626 e. The summed E-state index contributed by atoms with van der Waals surface area (Å²) in [7, 11) is 0. The first kappa shape index (κ1) is 16.4. The van der Waals surface area contributed by atoms with Gasteiger partial charge in [0.25, 0.3) is 0 Å². The van der Waals surface area contributed by atoms with E-state index in [-0.39, 0.29) is 0 Å². The fraction of sp³-hybridized carbons (Fsp3) is 0.111. The molecule has 2 atom stereocenters. The van der Waals surface area contributed by atoms with Crippen LogP contribution < -0.4 is 4.90 Å². The molecule has 0 radical (unpaired) electrons. The van der Waals surface area contributed by atoms with Crippen molar-refractivity contribution in [3.05, 3.63) is 109 Å². The number of fused-ring (bicyclic) bond motifs is 7. The van der Waals surface area contributed by atoms with E-state index in [1.807, 2.05) is 0 Å². The smallest absolute Gasteiger partial charge is 0.0626 e. The van der Waals surface area contributed by atoms with Gasteiger partial charge in [0.15, 0.2) is 0 Å². The van der Waals surface area contributed by atoms with Gasteiger partial charge in [0.1, 0.15) is 0 Å². The Bertz CT molecular complexity index is 1340. The molecule has 2 aliphatic rings. The van der Waals surface area contributed by atoms with Crippen molar-refractivity contribution in [3.63, 3.8) is 0 Å². The second-order valence-corrected chi connectivity index (χ2v) is 7.97. The van der Waals surface area contributed by atoms with Crippen molar-refractivity contribution in [1.29, 1.82) is 0 Å². The summed E-state index contributed by atoms with van der Waals surface area (Å²) in [6.45, 7) is 6.40. The lowest BCUT2D eigenvalue weighted by molar-refractivity contribution is 0.725. The van der Waals surface area contributed by atoms with E-state index < -0.39 is 0 Å². The molecule has 0 spiro atoms. The van der Waals surface area contributed by atoms with E-state index in [0.29, 0.717) is 12.0 Å². The highest BCUT2D eigenvalue weighted by molar-refractivity contribution is 6.12. The molecule has 1 aromatic heterocycles. The fourth-order valence-corrected chi connectivity index (χ4v) is 5.19. The molecule has 0 fully saturated rings. The minimum atomic E-state index is 0.292. The van der Waals surface area contributed by atoms with Gasteiger partial charge in [-0.05, 0) is 31.2 Å². The van der Waals surface area contributed by atoms with E-state index in [2.05, 4.69) is 114 Å². The second kappa shape index (κ2) is 5.99. The van der Waals surface area contributed by atoms with Crippen LogP contribution in [0.5, 0.6) is 0 Å². The van der Waals surface area contributed by atoms with Crippen molar-refractivity contribution in [2.75, 3.05) is 4.90 Å². The van der Waals surface area contributed by atoms with Gasteiger partial charge in [0.05, 0.1) is 17.1 Å². The molecule has 140 valence electrons. The minimum absolute atomic E-state index is 0.292. The predicted octanol–water partition coefficient (Wildman–Crippen LogP) is 6.72. The normalized spacial score (nSPS) is 19.7. The van der Waals surface area contributed by atoms with Crippen LogP contribution >= 0.6 is 0 Å². The summed E-state index contributed by atoms with van der Waals surface area (Å²) in [5.41, 5.74) is 7.52. The Morgan fingerprint density at radius 2 is 1.59 bits per heavy atom. The van der Waals surface area contributed by atoms with E-state index in [0.717, 1.165) is 5.70 Å². The molecule has 0 bridgehead atoms. The van der Waals surface area contributed by atoms with Crippen molar-refractivity contribution < 1.29 is 0 Å². The molecule has 6 rings (SSSR count). The zero-order valence-electron chi connectivity index (χ0n) is 16.4. The molecule has 2 heterocycles. The highest BCUT2D eigenvalue weighted by Gasteiger charge is 2.39. The van der Waals surface area contributed by atoms with Crippen molar-refractivity contribution in [2.24, 2.45) is 0 Å². The second-order valence-electron chi connectivity index (χ2n) is 7.97. The van der Waals surface area contributed by atoms with Gasteiger partial charge in [-0.1, -0.05) is 73.3 Å². The summed E-state index contributed by atoms with van der Waals surface area (Å²) in [6.07, 6.45) is 8.99. The topological polar surface area (TPSA) is 8.17 Å². The number of hydrogen-bond donors (Lipinski definition) is 0. The molecule has 29 heavy (non-hydrogen) atoms. The van der Waals surface area contributed by atoms with E-state index in [9.17, 15) is 0 Å². The van der Waals surface area contributed by atoms with Crippen LogP contribution in [0.3, 0.4) is 0 Å². The van der Waals surface area contributed by atoms with Gasteiger partial charge in [0.2, 0.25) is 0 Å². The van der Waals surface area contributed by atoms with Crippen LogP contribution in [0, 0.1) is 0 Å². The molecule has 1 aliphatic carbocycles. The maximum absolute atomic E-state index is 4.29. The largest absolute Gasteiger partial charge is 0.338 e. The van der Waals surface area contributed by atoms with Gasteiger partial charge in [-0.15, -0.1) is 0 Å². The number of hydrogen-bond acceptors (Lipinski definition) is 1. The first-order valence-corrected chi connectivity index (χ1v) is 10.2. The lowest BCUT2D eigenvalue weighted by Gasteiger charge is -2.28. The van der Waals surface area contributed by atoms with Gasteiger partial charge < -0.3 is 9.47 Å². The summed E-state index contributed by atoms with van der Waals surface area (Å²) in [5.74, 6) is 0.321. The van der Waals surface area contributed by atoms with Crippen molar-refractivity contribution in [2.45, 2.75) is 18.9 Å². The molecule has 3 aromatic carbocycles. The molecule has 2 nitrogen and oxygen atoms in total. The summed E-state index contributed by atoms with van der Waals surface area (Å²) < 4.78 is 2.44. The predicted molar refractivity (Wildman–Crippen MR) is 123 cm³/mol. The van der Waals surface area contributed by atoms with Gasteiger partial charge in [-0.25, -0.2) is 0 Å². The van der Waals surface area contributed by atoms with E-state index in [4.69, 9.17) is 0 Å². The summed E-state index contributed by atoms with van der Waals surface area (Å²) in [6, 6.07) is 24.3. The monoisotopic (exact) mass is 374 g/mol. The molecular weight excluding hydrogens is 352 g/mol. The van der Waals surface area contributed by atoms with Crippen LogP contribution in [-0.4, -0.2) is 10.6 Å². The Hall–Kier alpha value is -3.52. The van der Waals surface area contributed by atoms with Crippen LogP contribution in [0.15, 0.2) is 103 Å². The number of anilines is 1. The molecule has 0 amide bonds.